The Bertz CT molecular complexity index is 1820. The lowest BCUT2D eigenvalue weighted by molar-refractivity contribution is -0.140. The molecule has 1 atom stereocenters. The molecule has 8 nitrogen and oxygen atoms in total. The molecule has 0 radical (unpaired) electrons. The summed E-state index contributed by atoms with van der Waals surface area (Å²) < 4.78 is 34.7. The summed E-state index contributed by atoms with van der Waals surface area (Å²) in [5.74, 6) is -0.680. The molecule has 4 rings (SSSR count). The molecule has 12 heteroatoms. The van der Waals surface area contributed by atoms with E-state index in [4.69, 9.17) is 39.5 Å². The van der Waals surface area contributed by atoms with Gasteiger partial charge in [0.15, 0.2) is 0 Å². The van der Waals surface area contributed by atoms with Crippen LogP contribution < -0.4 is 14.4 Å². The summed E-state index contributed by atoms with van der Waals surface area (Å²) in [7, 11) is -2.85. The fraction of sp³-hybridized carbons (Fsp3) is 0.257. The van der Waals surface area contributed by atoms with Crippen LogP contribution in [0.4, 0.5) is 5.69 Å². The van der Waals surface area contributed by atoms with Gasteiger partial charge >= 0.3 is 0 Å². The van der Waals surface area contributed by atoms with Crippen molar-refractivity contribution in [1.82, 2.24) is 10.2 Å². The van der Waals surface area contributed by atoms with Crippen molar-refractivity contribution >= 4 is 62.3 Å². The molecule has 4 aromatic rings. The molecule has 248 valence electrons. The fourth-order valence-corrected chi connectivity index (χ4v) is 6.92. The van der Waals surface area contributed by atoms with E-state index in [-0.39, 0.29) is 39.6 Å². The third-order valence-corrected chi connectivity index (χ3v) is 10.2. The first-order chi connectivity index (χ1) is 22.3. The van der Waals surface area contributed by atoms with Gasteiger partial charge < -0.3 is 15.0 Å². The average molecular weight is 717 g/mol. The Kier molecular flexibility index (Phi) is 12.2. The molecule has 0 saturated carbocycles. The molecule has 2 amide bonds. The Morgan fingerprint density at radius 3 is 2.11 bits per heavy atom. The summed E-state index contributed by atoms with van der Waals surface area (Å²) in [5, 5.41) is 3.70. The number of carbonyl (C=O) groups excluding carboxylic acids is 2. The molecule has 1 N–H and O–H groups in total. The van der Waals surface area contributed by atoms with Gasteiger partial charge in [-0.3, -0.25) is 13.9 Å². The van der Waals surface area contributed by atoms with Gasteiger partial charge in [-0.2, -0.15) is 0 Å². The molecule has 0 aliphatic carbocycles. The lowest BCUT2D eigenvalue weighted by Crippen LogP contribution is -2.54. The number of aryl methyl sites for hydroxylation is 1. The predicted molar refractivity (Wildman–Crippen MR) is 188 cm³/mol. The van der Waals surface area contributed by atoms with E-state index in [2.05, 4.69) is 5.32 Å². The van der Waals surface area contributed by atoms with E-state index in [0.717, 1.165) is 15.4 Å². The van der Waals surface area contributed by atoms with Crippen LogP contribution in [0, 0.1) is 6.92 Å². The first kappa shape index (κ1) is 36.1. The summed E-state index contributed by atoms with van der Waals surface area (Å²) in [5.41, 5.74) is 2.43. The lowest BCUT2D eigenvalue weighted by Gasteiger charge is -2.34. The van der Waals surface area contributed by atoms with Crippen LogP contribution in [0.2, 0.25) is 15.1 Å². The number of hydrogen-bond donors (Lipinski definition) is 1. The minimum absolute atomic E-state index is 0.0164. The highest BCUT2D eigenvalue weighted by atomic mass is 35.5. The normalized spacial score (nSPS) is 12.0. The maximum atomic E-state index is 14.6. The highest BCUT2D eigenvalue weighted by molar-refractivity contribution is 7.92. The second-order valence-electron chi connectivity index (χ2n) is 11.3. The van der Waals surface area contributed by atoms with Crippen molar-refractivity contribution in [2.24, 2.45) is 0 Å². The molecule has 0 aromatic heterocycles. The molecular weight excluding hydrogens is 681 g/mol. The van der Waals surface area contributed by atoms with Crippen molar-refractivity contribution in [2.75, 3.05) is 18.0 Å². The molecule has 0 fully saturated rings. The number of ether oxygens (including phenoxy) is 1. The zero-order chi connectivity index (χ0) is 34.3. The van der Waals surface area contributed by atoms with Crippen LogP contribution in [-0.2, 0) is 32.6 Å². The molecule has 4 aromatic carbocycles. The van der Waals surface area contributed by atoms with Gasteiger partial charge in [0.1, 0.15) is 18.3 Å². The largest absolute Gasteiger partial charge is 0.495 e. The minimum atomic E-state index is -4.30. The number of methoxy groups -OCH3 is 1. The SMILES string of the molecule is COc1ccc(N(CC(=O)N(Cc2ccc(Cl)c(Cl)c2)C(Cc2ccccc2)C(=O)NC(C)C)S(=O)(=O)c2ccc(C)cc2)cc1Cl. The second kappa shape index (κ2) is 15.9. The molecule has 1 unspecified atom stereocenters. The van der Waals surface area contributed by atoms with E-state index < -0.39 is 34.4 Å². The minimum Gasteiger partial charge on any atom is -0.495 e. The van der Waals surface area contributed by atoms with Crippen LogP contribution in [0.1, 0.15) is 30.5 Å². The standard InChI is InChI=1S/C35H36Cl3N3O5S/c1-23(2)39-35(43)32(19-25-8-6-5-7-9-25)40(21-26-12-16-29(36)30(37)18-26)34(42)22-41(27-13-17-33(46-4)31(38)20-27)47(44,45)28-14-10-24(3)11-15-28/h5-18,20,23,32H,19,21-22H2,1-4H3,(H,39,43). The summed E-state index contributed by atoms with van der Waals surface area (Å²) in [6.07, 6.45) is 0.172. The zero-order valence-electron chi connectivity index (χ0n) is 26.4. The number of anilines is 1. The Morgan fingerprint density at radius 1 is 0.830 bits per heavy atom. The lowest BCUT2D eigenvalue weighted by atomic mass is 10.0. The zero-order valence-corrected chi connectivity index (χ0v) is 29.5. The first-order valence-corrected chi connectivity index (χ1v) is 17.4. The van der Waals surface area contributed by atoms with Crippen LogP contribution in [-0.4, -0.2) is 50.9 Å². The maximum absolute atomic E-state index is 14.6. The van der Waals surface area contributed by atoms with Gasteiger partial charge in [-0.15, -0.1) is 0 Å². The molecule has 0 spiro atoms. The van der Waals surface area contributed by atoms with Crippen molar-refractivity contribution in [2.45, 2.75) is 50.7 Å². The van der Waals surface area contributed by atoms with Crippen molar-refractivity contribution in [3.05, 3.63) is 123 Å². The predicted octanol–water partition coefficient (Wildman–Crippen LogP) is 7.32. The van der Waals surface area contributed by atoms with E-state index >= 15 is 0 Å². The molecule has 0 aliphatic rings. The molecule has 47 heavy (non-hydrogen) atoms. The number of sulfonamides is 1. The number of nitrogens with zero attached hydrogens (tertiary/aromatic N) is 2. The Hall–Kier alpha value is -3.76. The summed E-state index contributed by atoms with van der Waals surface area (Å²) in [4.78, 5) is 29.8. The van der Waals surface area contributed by atoms with Gasteiger partial charge in [-0.25, -0.2) is 8.42 Å². The molecule has 0 heterocycles. The number of carbonyl (C=O) groups is 2. The maximum Gasteiger partial charge on any atom is 0.264 e. The number of hydrogen-bond acceptors (Lipinski definition) is 5. The van der Waals surface area contributed by atoms with Crippen LogP contribution in [0.5, 0.6) is 5.75 Å². The third kappa shape index (κ3) is 9.20. The highest BCUT2D eigenvalue weighted by Gasteiger charge is 2.35. The van der Waals surface area contributed by atoms with Crippen molar-refractivity contribution in [3.63, 3.8) is 0 Å². The monoisotopic (exact) mass is 715 g/mol. The van der Waals surface area contributed by atoms with Crippen molar-refractivity contribution in [1.29, 1.82) is 0 Å². The van der Waals surface area contributed by atoms with Gasteiger partial charge in [0.25, 0.3) is 10.0 Å². The van der Waals surface area contributed by atoms with Gasteiger partial charge in [0.05, 0.1) is 32.8 Å². The van der Waals surface area contributed by atoms with Gasteiger partial charge in [0, 0.05) is 19.0 Å². The van der Waals surface area contributed by atoms with E-state index in [1.807, 2.05) is 51.1 Å². The van der Waals surface area contributed by atoms with Gasteiger partial charge in [-0.1, -0.05) is 88.9 Å². The van der Waals surface area contributed by atoms with E-state index in [1.54, 1.807) is 30.3 Å². The number of amides is 2. The number of nitrogens with one attached hydrogen (secondary N) is 1. The summed E-state index contributed by atoms with van der Waals surface area (Å²) in [6, 6.07) is 23.8. The number of rotatable bonds is 13. The number of halogens is 3. The van der Waals surface area contributed by atoms with Crippen molar-refractivity contribution < 1.29 is 22.7 Å². The Labute approximate surface area is 291 Å². The van der Waals surface area contributed by atoms with E-state index in [0.29, 0.717) is 16.3 Å². The topological polar surface area (TPSA) is 96.0 Å². The highest BCUT2D eigenvalue weighted by Crippen LogP contribution is 2.32. The second-order valence-corrected chi connectivity index (χ2v) is 14.4. The van der Waals surface area contributed by atoms with Crippen LogP contribution in [0.3, 0.4) is 0 Å². The fourth-order valence-electron chi connectivity index (χ4n) is 4.95. The first-order valence-electron chi connectivity index (χ1n) is 14.8. The van der Waals surface area contributed by atoms with Crippen molar-refractivity contribution in [3.8, 4) is 5.75 Å². The van der Waals surface area contributed by atoms with Crippen LogP contribution in [0.25, 0.3) is 0 Å². The van der Waals surface area contributed by atoms with Gasteiger partial charge in [0.2, 0.25) is 11.8 Å². The van der Waals surface area contributed by atoms with Crippen LogP contribution in [0.15, 0.2) is 95.9 Å². The summed E-state index contributed by atoms with van der Waals surface area (Å²) >= 11 is 18.9. The van der Waals surface area contributed by atoms with Gasteiger partial charge in [-0.05, 0) is 74.4 Å². The molecular formula is C35H36Cl3N3O5S. The van der Waals surface area contributed by atoms with Crippen LogP contribution >= 0.6 is 34.8 Å². The van der Waals surface area contributed by atoms with E-state index in [9.17, 15) is 18.0 Å². The quantitative estimate of drug-likeness (QED) is 0.157. The Balaban J connectivity index is 1.84. The average Bonchev–Trinajstić information content (AvgIpc) is 3.03. The smallest absolute Gasteiger partial charge is 0.264 e. The van der Waals surface area contributed by atoms with E-state index in [1.165, 1.54) is 42.3 Å². The molecule has 0 bridgehead atoms. The third-order valence-electron chi connectivity index (χ3n) is 7.35. The Morgan fingerprint density at radius 2 is 1.51 bits per heavy atom. The molecule has 0 saturated heterocycles. The molecule has 0 aliphatic heterocycles. The number of benzene rings is 4. The summed E-state index contributed by atoms with van der Waals surface area (Å²) in [6.45, 7) is 4.80.